The second kappa shape index (κ2) is 4.92. The van der Waals surface area contributed by atoms with Gasteiger partial charge in [0, 0.05) is 17.9 Å². The number of hydrogen-bond acceptors (Lipinski definition) is 3. The van der Waals surface area contributed by atoms with E-state index >= 15 is 0 Å². The summed E-state index contributed by atoms with van der Waals surface area (Å²) in [4.78, 5) is 13.6. The van der Waals surface area contributed by atoms with Gasteiger partial charge in [0.1, 0.15) is 23.3 Å². The molecule has 122 valence electrons. The fourth-order valence-corrected chi connectivity index (χ4v) is 3.48. The van der Waals surface area contributed by atoms with E-state index in [-0.39, 0.29) is 18.0 Å². The lowest BCUT2D eigenvalue weighted by atomic mass is 9.93. The third-order valence-electron chi connectivity index (χ3n) is 4.53. The van der Waals surface area contributed by atoms with Crippen molar-refractivity contribution in [3.63, 3.8) is 0 Å². The van der Waals surface area contributed by atoms with Gasteiger partial charge in [-0.1, -0.05) is 0 Å². The van der Waals surface area contributed by atoms with E-state index in [4.69, 9.17) is 4.74 Å². The third-order valence-corrected chi connectivity index (χ3v) is 4.53. The Morgan fingerprint density at radius 3 is 2.74 bits per heavy atom. The molecule has 1 aromatic rings. The minimum atomic E-state index is -0.679. The van der Waals surface area contributed by atoms with Gasteiger partial charge in [-0.15, -0.1) is 0 Å². The minimum absolute atomic E-state index is 0.172. The van der Waals surface area contributed by atoms with Gasteiger partial charge in [0.2, 0.25) is 0 Å². The molecular formula is C17H18F2N2O2. The summed E-state index contributed by atoms with van der Waals surface area (Å²) in [6.07, 6.45) is -0.0160. The zero-order valence-corrected chi connectivity index (χ0v) is 13.3. The highest BCUT2D eigenvalue weighted by atomic mass is 19.1. The summed E-state index contributed by atoms with van der Waals surface area (Å²) < 4.78 is 33.0. The van der Waals surface area contributed by atoms with Gasteiger partial charge in [-0.05, 0) is 51.0 Å². The lowest BCUT2D eigenvalue weighted by Crippen LogP contribution is -2.42. The number of piperidine rings is 1. The van der Waals surface area contributed by atoms with Crippen LogP contribution < -0.4 is 0 Å². The monoisotopic (exact) mass is 320 g/mol. The molecule has 2 fully saturated rings. The molecule has 1 saturated heterocycles. The first-order valence-electron chi connectivity index (χ1n) is 7.53. The third kappa shape index (κ3) is 2.54. The average Bonchev–Trinajstić information content (AvgIpc) is 3.07. The van der Waals surface area contributed by atoms with Gasteiger partial charge in [-0.25, -0.2) is 13.6 Å². The molecule has 1 amide bonds. The predicted molar refractivity (Wildman–Crippen MR) is 78.5 cm³/mol. The van der Waals surface area contributed by atoms with E-state index < -0.39 is 34.8 Å². The summed E-state index contributed by atoms with van der Waals surface area (Å²) in [5, 5.41) is 9.40. The van der Waals surface area contributed by atoms with Crippen LogP contribution in [0.15, 0.2) is 18.2 Å². The van der Waals surface area contributed by atoms with Crippen molar-refractivity contribution in [2.75, 3.05) is 6.54 Å². The standard InChI is InChI=1S/C17H18F2N2O2/c1-16(2,3)23-15(22)21-9-17(7-12(17)14(21)8-20)11-6-10(18)4-5-13(11)19/h4-6,12,14H,7,9H2,1-3H3/t12-,14?,17+/m0/s1. The van der Waals surface area contributed by atoms with Crippen molar-refractivity contribution in [1.29, 1.82) is 5.26 Å². The number of nitrogens with zero attached hydrogens (tertiary/aromatic N) is 2. The number of amides is 1. The Labute approximate surface area is 133 Å². The molecule has 0 aromatic heterocycles. The van der Waals surface area contributed by atoms with Crippen molar-refractivity contribution < 1.29 is 18.3 Å². The van der Waals surface area contributed by atoms with Crippen molar-refractivity contribution >= 4 is 6.09 Å². The topological polar surface area (TPSA) is 53.3 Å². The summed E-state index contributed by atoms with van der Waals surface area (Å²) in [7, 11) is 0. The second-order valence-electron chi connectivity index (χ2n) is 7.27. The van der Waals surface area contributed by atoms with Gasteiger partial charge in [0.25, 0.3) is 0 Å². The maximum atomic E-state index is 14.1. The van der Waals surface area contributed by atoms with Gasteiger partial charge >= 0.3 is 6.09 Å². The number of likely N-dealkylation sites (tertiary alicyclic amines) is 1. The van der Waals surface area contributed by atoms with Gasteiger partial charge < -0.3 is 4.74 Å². The summed E-state index contributed by atoms with van der Waals surface area (Å²) in [6.45, 7) is 5.40. The SMILES string of the molecule is CC(C)(C)OC(=O)N1C[C@@]2(c3cc(F)ccc3F)C[C@H]2C1C#N. The van der Waals surface area contributed by atoms with Crippen LogP contribution in [0, 0.1) is 28.9 Å². The number of carbonyl (C=O) groups excluding carboxylic acids is 1. The molecule has 1 aliphatic heterocycles. The maximum absolute atomic E-state index is 14.1. The van der Waals surface area contributed by atoms with E-state index in [1.54, 1.807) is 20.8 Å². The molecule has 1 heterocycles. The first-order chi connectivity index (χ1) is 10.7. The molecule has 23 heavy (non-hydrogen) atoms. The van der Waals surface area contributed by atoms with Gasteiger partial charge in [0.15, 0.2) is 0 Å². The van der Waals surface area contributed by atoms with E-state index in [1.165, 1.54) is 11.0 Å². The highest BCUT2D eigenvalue weighted by molar-refractivity contribution is 5.71. The highest BCUT2D eigenvalue weighted by Gasteiger charge is 2.68. The highest BCUT2D eigenvalue weighted by Crippen LogP contribution is 2.62. The summed E-state index contributed by atoms with van der Waals surface area (Å²) >= 11 is 0. The molecule has 1 aliphatic carbocycles. The second-order valence-corrected chi connectivity index (χ2v) is 7.27. The Hall–Kier alpha value is -2.16. The van der Waals surface area contributed by atoms with E-state index in [0.29, 0.717) is 6.42 Å². The number of benzene rings is 1. The fourth-order valence-electron chi connectivity index (χ4n) is 3.48. The van der Waals surface area contributed by atoms with Gasteiger partial charge in [0.05, 0.1) is 6.07 Å². The number of nitriles is 1. The van der Waals surface area contributed by atoms with E-state index in [0.717, 1.165) is 12.1 Å². The van der Waals surface area contributed by atoms with Crippen LogP contribution in [0.4, 0.5) is 13.6 Å². The quantitative estimate of drug-likeness (QED) is 0.797. The molecule has 0 radical (unpaired) electrons. The molecule has 1 unspecified atom stereocenters. The largest absolute Gasteiger partial charge is 0.444 e. The molecule has 1 aromatic carbocycles. The molecule has 0 N–H and O–H groups in total. The normalized spacial score (nSPS) is 29.0. The molecule has 2 aliphatic rings. The predicted octanol–water partition coefficient (Wildman–Crippen LogP) is 3.37. The molecular weight excluding hydrogens is 302 g/mol. The van der Waals surface area contributed by atoms with Crippen molar-refractivity contribution in [2.45, 2.75) is 44.2 Å². The van der Waals surface area contributed by atoms with Crippen LogP contribution >= 0.6 is 0 Å². The Kier molecular flexibility index (Phi) is 3.36. The van der Waals surface area contributed by atoms with Crippen molar-refractivity contribution in [2.24, 2.45) is 5.92 Å². The number of rotatable bonds is 1. The van der Waals surface area contributed by atoms with Gasteiger partial charge in [-0.2, -0.15) is 5.26 Å². The molecule has 0 spiro atoms. The number of hydrogen-bond donors (Lipinski definition) is 0. The minimum Gasteiger partial charge on any atom is -0.444 e. The average molecular weight is 320 g/mol. The van der Waals surface area contributed by atoms with Crippen molar-refractivity contribution in [3.8, 4) is 6.07 Å². The zero-order chi connectivity index (χ0) is 17.0. The number of carbonyl (C=O) groups is 1. The zero-order valence-electron chi connectivity index (χ0n) is 13.3. The Morgan fingerprint density at radius 1 is 1.43 bits per heavy atom. The fraction of sp³-hybridized carbons (Fsp3) is 0.529. The van der Waals surface area contributed by atoms with Crippen LogP contribution in [0.25, 0.3) is 0 Å². The van der Waals surface area contributed by atoms with Gasteiger partial charge in [-0.3, -0.25) is 4.90 Å². The van der Waals surface area contributed by atoms with E-state index in [2.05, 4.69) is 6.07 Å². The smallest absolute Gasteiger partial charge is 0.411 e. The van der Waals surface area contributed by atoms with Crippen molar-refractivity contribution in [1.82, 2.24) is 4.90 Å². The first-order valence-corrected chi connectivity index (χ1v) is 7.53. The molecule has 3 atom stereocenters. The molecule has 4 nitrogen and oxygen atoms in total. The summed E-state index contributed by atoms with van der Waals surface area (Å²) in [5.74, 6) is -1.21. The van der Waals surface area contributed by atoms with Crippen LogP contribution in [0.2, 0.25) is 0 Å². The van der Waals surface area contributed by atoms with Crippen LogP contribution in [0.3, 0.4) is 0 Å². The van der Waals surface area contributed by atoms with Crippen LogP contribution in [0.1, 0.15) is 32.8 Å². The summed E-state index contributed by atoms with van der Waals surface area (Å²) in [5.41, 5.74) is -1.11. The lowest BCUT2D eigenvalue weighted by molar-refractivity contribution is 0.0229. The molecule has 0 bridgehead atoms. The first kappa shape index (κ1) is 15.7. The van der Waals surface area contributed by atoms with Crippen LogP contribution in [-0.2, 0) is 10.2 Å². The molecule has 1 saturated carbocycles. The Balaban J connectivity index is 1.90. The molecule has 6 heteroatoms. The lowest BCUT2D eigenvalue weighted by Gasteiger charge is -2.28. The Morgan fingerprint density at radius 2 is 2.13 bits per heavy atom. The van der Waals surface area contributed by atoms with Crippen molar-refractivity contribution in [3.05, 3.63) is 35.4 Å². The number of fused-ring (bicyclic) bond motifs is 1. The van der Waals surface area contributed by atoms with E-state index in [1.807, 2.05) is 0 Å². The summed E-state index contributed by atoms with van der Waals surface area (Å²) in [6, 6.07) is 4.76. The van der Waals surface area contributed by atoms with Crippen LogP contribution in [0.5, 0.6) is 0 Å². The van der Waals surface area contributed by atoms with E-state index in [9.17, 15) is 18.8 Å². The van der Waals surface area contributed by atoms with Crippen LogP contribution in [-0.4, -0.2) is 29.2 Å². The number of ether oxygens (including phenoxy) is 1. The maximum Gasteiger partial charge on any atom is 0.411 e. The number of halogens is 2. The molecule has 3 rings (SSSR count). The Bertz CT molecular complexity index is 708.